The van der Waals surface area contributed by atoms with Crippen molar-refractivity contribution in [1.29, 1.82) is 0 Å². The monoisotopic (exact) mass is 261 g/mol. The summed E-state index contributed by atoms with van der Waals surface area (Å²) in [4.78, 5) is 12.3. The molecule has 2 N–H and O–H groups in total. The van der Waals surface area contributed by atoms with Crippen LogP contribution in [0.1, 0.15) is 21.8 Å². The Bertz CT molecular complexity index is 584. The Morgan fingerprint density at radius 2 is 1.79 bits per heavy atom. The smallest absolute Gasteiger partial charge is 0.174 e. The van der Waals surface area contributed by atoms with Gasteiger partial charge in [0.05, 0.1) is 11.5 Å². The molecule has 0 saturated carbocycles. The summed E-state index contributed by atoms with van der Waals surface area (Å²) >= 11 is 0. The summed E-state index contributed by atoms with van der Waals surface area (Å²) in [5, 5.41) is 0. The summed E-state index contributed by atoms with van der Waals surface area (Å²) in [6, 6.07) is 11.7. The SMILES string of the molecule is NCC(C(=O)c1cc(F)ccc1F)c1ccccc1. The van der Waals surface area contributed by atoms with E-state index < -0.39 is 23.3 Å². The molecule has 0 saturated heterocycles. The lowest BCUT2D eigenvalue weighted by Crippen LogP contribution is -2.22. The normalized spacial score (nSPS) is 12.2. The van der Waals surface area contributed by atoms with E-state index in [-0.39, 0.29) is 12.1 Å². The summed E-state index contributed by atoms with van der Waals surface area (Å²) in [6.07, 6.45) is 0. The summed E-state index contributed by atoms with van der Waals surface area (Å²) in [5.74, 6) is -2.56. The average Bonchev–Trinajstić information content (AvgIpc) is 2.43. The molecule has 0 bridgehead atoms. The summed E-state index contributed by atoms with van der Waals surface area (Å²) in [7, 11) is 0. The second-order valence-corrected chi connectivity index (χ2v) is 4.19. The maximum atomic E-state index is 13.6. The highest BCUT2D eigenvalue weighted by Crippen LogP contribution is 2.22. The molecule has 0 amide bonds. The van der Waals surface area contributed by atoms with Crippen LogP contribution >= 0.6 is 0 Å². The number of rotatable bonds is 4. The molecular weight excluding hydrogens is 248 g/mol. The molecule has 4 heteroatoms. The Kier molecular flexibility index (Phi) is 4.02. The maximum Gasteiger partial charge on any atom is 0.174 e. The van der Waals surface area contributed by atoms with Gasteiger partial charge in [0.25, 0.3) is 0 Å². The number of nitrogens with two attached hydrogens (primary N) is 1. The topological polar surface area (TPSA) is 43.1 Å². The van der Waals surface area contributed by atoms with Gasteiger partial charge in [0.1, 0.15) is 11.6 Å². The van der Waals surface area contributed by atoms with Gasteiger partial charge in [-0.2, -0.15) is 0 Å². The number of benzene rings is 2. The van der Waals surface area contributed by atoms with Crippen molar-refractivity contribution in [3.8, 4) is 0 Å². The predicted octanol–water partition coefficient (Wildman–Crippen LogP) is 2.89. The van der Waals surface area contributed by atoms with Crippen LogP contribution in [0.25, 0.3) is 0 Å². The average molecular weight is 261 g/mol. The first kappa shape index (κ1) is 13.4. The van der Waals surface area contributed by atoms with E-state index in [4.69, 9.17) is 5.73 Å². The Balaban J connectivity index is 2.39. The van der Waals surface area contributed by atoms with Gasteiger partial charge in [-0.3, -0.25) is 4.79 Å². The summed E-state index contributed by atoms with van der Waals surface area (Å²) < 4.78 is 26.7. The first-order chi connectivity index (χ1) is 9.13. The van der Waals surface area contributed by atoms with Crippen LogP contribution in [0.4, 0.5) is 8.78 Å². The maximum absolute atomic E-state index is 13.6. The lowest BCUT2D eigenvalue weighted by atomic mass is 9.90. The Morgan fingerprint density at radius 3 is 2.42 bits per heavy atom. The molecule has 2 nitrogen and oxygen atoms in total. The molecule has 0 spiro atoms. The number of hydrogen-bond donors (Lipinski definition) is 1. The third-order valence-electron chi connectivity index (χ3n) is 2.95. The van der Waals surface area contributed by atoms with E-state index in [1.165, 1.54) is 0 Å². The van der Waals surface area contributed by atoms with E-state index in [2.05, 4.69) is 0 Å². The van der Waals surface area contributed by atoms with Gasteiger partial charge in [-0.25, -0.2) is 8.78 Å². The lowest BCUT2D eigenvalue weighted by Gasteiger charge is -2.14. The van der Waals surface area contributed by atoms with Crippen LogP contribution in [0.3, 0.4) is 0 Å². The molecule has 0 heterocycles. The molecule has 0 aliphatic rings. The Morgan fingerprint density at radius 1 is 1.11 bits per heavy atom. The molecule has 0 aliphatic carbocycles. The number of carbonyl (C=O) groups excluding carboxylic acids is 1. The number of Topliss-reactive ketones (excluding diaryl/α,β-unsaturated/α-hetero) is 1. The van der Waals surface area contributed by atoms with E-state index in [1.54, 1.807) is 24.3 Å². The van der Waals surface area contributed by atoms with E-state index in [1.807, 2.05) is 6.07 Å². The zero-order valence-corrected chi connectivity index (χ0v) is 10.1. The molecule has 0 aromatic heterocycles. The molecular formula is C15H13F2NO. The van der Waals surface area contributed by atoms with Gasteiger partial charge in [0.2, 0.25) is 0 Å². The van der Waals surface area contributed by atoms with Crippen molar-refractivity contribution in [1.82, 2.24) is 0 Å². The van der Waals surface area contributed by atoms with Crippen molar-refractivity contribution in [3.63, 3.8) is 0 Å². The highest BCUT2D eigenvalue weighted by atomic mass is 19.1. The van der Waals surface area contributed by atoms with Gasteiger partial charge in [0, 0.05) is 6.54 Å². The van der Waals surface area contributed by atoms with E-state index in [9.17, 15) is 13.6 Å². The Labute approximate surface area is 109 Å². The van der Waals surface area contributed by atoms with Crippen LogP contribution in [0.15, 0.2) is 48.5 Å². The van der Waals surface area contributed by atoms with Gasteiger partial charge in [0.15, 0.2) is 5.78 Å². The fourth-order valence-corrected chi connectivity index (χ4v) is 1.95. The number of ketones is 1. The number of hydrogen-bond acceptors (Lipinski definition) is 2. The molecule has 0 fully saturated rings. The molecule has 19 heavy (non-hydrogen) atoms. The predicted molar refractivity (Wildman–Crippen MR) is 68.9 cm³/mol. The quantitative estimate of drug-likeness (QED) is 0.860. The largest absolute Gasteiger partial charge is 0.329 e. The van der Waals surface area contributed by atoms with Crippen LogP contribution in [0.5, 0.6) is 0 Å². The molecule has 2 aromatic carbocycles. The first-order valence-electron chi connectivity index (χ1n) is 5.87. The van der Waals surface area contributed by atoms with Crippen LogP contribution < -0.4 is 5.73 Å². The van der Waals surface area contributed by atoms with Crippen molar-refractivity contribution >= 4 is 5.78 Å². The Hall–Kier alpha value is -2.07. The number of halogens is 2. The zero-order valence-electron chi connectivity index (χ0n) is 10.1. The molecule has 0 aliphatic heterocycles. The van der Waals surface area contributed by atoms with Crippen molar-refractivity contribution in [2.45, 2.75) is 5.92 Å². The molecule has 2 aromatic rings. The van der Waals surface area contributed by atoms with Crippen molar-refractivity contribution in [2.24, 2.45) is 5.73 Å². The molecule has 98 valence electrons. The third-order valence-corrected chi connectivity index (χ3v) is 2.95. The van der Waals surface area contributed by atoms with E-state index in [0.29, 0.717) is 5.56 Å². The van der Waals surface area contributed by atoms with Crippen molar-refractivity contribution < 1.29 is 13.6 Å². The number of carbonyl (C=O) groups is 1. The lowest BCUT2D eigenvalue weighted by molar-refractivity contribution is 0.0958. The highest BCUT2D eigenvalue weighted by Gasteiger charge is 2.23. The highest BCUT2D eigenvalue weighted by molar-refractivity contribution is 6.01. The molecule has 1 unspecified atom stereocenters. The minimum absolute atomic E-state index is 0.0405. The standard InChI is InChI=1S/C15H13F2NO/c16-11-6-7-14(17)12(8-11)15(19)13(9-18)10-4-2-1-3-5-10/h1-8,13H,9,18H2. The molecule has 1 atom stereocenters. The summed E-state index contributed by atoms with van der Waals surface area (Å²) in [5.41, 5.74) is 6.02. The fraction of sp³-hybridized carbons (Fsp3) is 0.133. The second kappa shape index (κ2) is 5.71. The zero-order chi connectivity index (χ0) is 13.8. The fourth-order valence-electron chi connectivity index (χ4n) is 1.95. The third kappa shape index (κ3) is 2.85. The van der Waals surface area contributed by atoms with Crippen molar-refractivity contribution in [2.75, 3.05) is 6.54 Å². The van der Waals surface area contributed by atoms with E-state index in [0.717, 1.165) is 18.2 Å². The van der Waals surface area contributed by atoms with Crippen LogP contribution in [0.2, 0.25) is 0 Å². The van der Waals surface area contributed by atoms with Crippen LogP contribution in [-0.4, -0.2) is 12.3 Å². The van der Waals surface area contributed by atoms with Gasteiger partial charge in [-0.1, -0.05) is 30.3 Å². The second-order valence-electron chi connectivity index (χ2n) is 4.19. The van der Waals surface area contributed by atoms with Gasteiger partial charge < -0.3 is 5.73 Å². The molecule has 0 radical (unpaired) electrons. The van der Waals surface area contributed by atoms with Crippen LogP contribution in [-0.2, 0) is 0 Å². The van der Waals surface area contributed by atoms with Gasteiger partial charge >= 0.3 is 0 Å². The van der Waals surface area contributed by atoms with Crippen molar-refractivity contribution in [3.05, 3.63) is 71.3 Å². The van der Waals surface area contributed by atoms with E-state index >= 15 is 0 Å². The first-order valence-corrected chi connectivity index (χ1v) is 5.87. The minimum Gasteiger partial charge on any atom is -0.329 e. The molecule has 2 rings (SSSR count). The summed E-state index contributed by atoms with van der Waals surface area (Å²) in [6.45, 7) is 0.0405. The van der Waals surface area contributed by atoms with Crippen LogP contribution in [0, 0.1) is 11.6 Å². The van der Waals surface area contributed by atoms with Gasteiger partial charge in [-0.05, 0) is 23.8 Å². The van der Waals surface area contributed by atoms with Gasteiger partial charge in [-0.15, -0.1) is 0 Å². The minimum atomic E-state index is -0.735.